The van der Waals surface area contributed by atoms with Gasteiger partial charge in [-0.3, -0.25) is 9.36 Å². The van der Waals surface area contributed by atoms with E-state index in [0.717, 1.165) is 18.4 Å². The molecule has 21 heavy (non-hydrogen) atoms. The molecule has 1 aliphatic rings. The molecule has 2 aromatic rings. The van der Waals surface area contributed by atoms with Crippen molar-refractivity contribution >= 4 is 29.7 Å². The van der Waals surface area contributed by atoms with E-state index in [4.69, 9.17) is 0 Å². The molecule has 0 saturated carbocycles. The Balaban J connectivity index is 1.79. The number of rotatable bonds is 3. The summed E-state index contributed by atoms with van der Waals surface area (Å²) < 4.78 is 1.73. The summed E-state index contributed by atoms with van der Waals surface area (Å²) in [4.78, 5) is 33.0. The molecule has 0 aliphatic carbocycles. The maximum Gasteiger partial charge on any atom is 0.327 e. The topological polar surface area (TPSA) is 71.0 Å². The van der Waals surface area contributed by atoms with E-state index in [1.54, 1.807) is 16.8 Å². The zero-order valence-corrected chi connectivity index (χ0v) is 12.6. The van der Waals surface area contributed by atoms with Crippen molar-refractivity contribution in [2.45, 2.75) is 25.3 Å². The number of aromatic nitrogens is 3. The minimum absolute atomic E-state index is 0.0983. The molecule has 112 valence electrons. The molecule has 3 rings (SSSR count). The molecule has 1 aliphatic heterocycles. The first kappa shape index (κ1) is 14.2. The smallest absolute Gasteiger partial charge is 0.327 e. The van der Waals surface area contributed by atoms with Crippen molar-refractivity contribution in [3.05, 3.63) is 28.8 Å². The van der Waals surface area contributed by atoms with Crippen LogP contribution in [-0.4, -0.2) is 44.2 Å². The molecule has 1 saturated heterocycles. The minimum Gasteiger partial charge on any atom is -0.343 e. The lowest BCUT2D eigenvalue weighted by Crippen LogP contribution is -2.40. The van der Waals surface area contributed by atoms with E-state index in [1.807, 2.05) is 11.0 Å². The van der Waals surface area contributed by atoms with Gasteiger partial charge >= 0.3 is 5.69 Å². The van der Waals surface area contributed by atoms with Gasteiger partial charge in [0.15, 0.2) is 5.65 Å². The van der Waals surface area contributed by atoms with Gasteiger partial charge in [0.2, 0.25) is 5.91 Å². The number of carbonyl (C=O) groups excluding carboxylic acids is 1. The van der Waals surface area contributed by atoms with Gasteiger partial charge < -0.3 is 9.88 Å². The SMILES string of the molecule is O=C(CCS)N1CCC(n2c(=O)[nH]c3cccnc32)CC1. The number of H-pyrrole nitrogens is 1. The summed E-state index contributed by atoms with van der Waals surface area (Å²) >= 11 is 4.09. The number of likely N-dealkylation sites (tertiary alicyclic amines) is 1. The van der Waals surface area contributed by atoms with Crippen LogP contribution in [0.15, 0.2) is 23.1 Å². The number of amides is 1. The number of hydrogen-bond acceptors (Lipinski definition) is 4. The van der Waals surface area contributed by atoms with E-state index < -0.39 is 0 Å². The highest BCUT2D eigenvalue weighted by atomic mass is 32.1. The lowest BCUT2D eigenvalue weighted by atomic mass is 10.0. The Morgan fingerprint density at radius 2 is 2.19 bits per heavy atom. The Morgan fingerprint density at radius 1 is 1.43 bits per heavy atom. The number of hydrogen-bond donors (Lipinski definition) is 2. The van der Waals surface area contributed by atoms with Crippen LogP contribution in [0.25, 0.3) is 11.2 Å². The molecule has 6 nitrogen and oxygen atoms in total. The molecule has 0 radical (unpaired) electrons. The number of thiol groups is 1. The number of piperidine rings is 1. The van der Waals surface area contributed by atoms with Gasteiger partial charge in [-0.2, -0.15) is 12.6 Å². The Kier molecular flexibility index (Phi) is 4.01. The predicted octanol–water partition coefficient (Wildman–Crippen LogP) is 1.21. The van der Waals surface area contributed by atoms with Gasteiger partial charge in [-0.1, -0.05) is 0 Å². The molecule has 7 heteroatoms. The zero-order chi connectivity index (χ0) is 14.8. The summed E-state index contributed by atoms with van der Waals surface area (Å²) in [5.41, 5.74) is 1.34. The lowest BCUT2D eigenvalue weighted by molar-refractivity contribution is -0.132. The maximum absolute atomic E-state index is 12.1. The largest absolute Gasteiger partial charge is 0.343 e. The number of fused-ring (bicyclic) bond motifs is 1. The third-order valence-electron chi connectivity index (χ3n) is 3.98. The fourth-order valence-electron chi connectivity index (χ4n) is 2.92. The average molecular weight is 306 g/mol. The van der Waals surface area contributed by atoms with E-state index >= 15 is 0 Å². The van der Waals surface area contributed by atoms with Gasteiger partial charge in [-0.25, -0.2) is 9.78 Å². The molecular weight excluding hydrogens is 288 g/mol. The first-order valence-corrected chi connectivity index (χ1v) is 7.78. The van der Waals surface area contributed by atoms with Crippen molar-refractivity contribution in [1.82, 2.24) is 19.4 Å². The molecule has 0 atom stereocenters. The third-order valence-corrected chi connectivity index (χ3v) is 4.21. The van der Waals surface area contributed by atoms with Crippen LogP contribution in [0, 0.1) is 0 Å². The molecule has 2 aromatic heterocycles. The minimum atomic E-state index is -0.121. The van der Waals surface area contributed by atoms with Gasteiger partial charge in [-0.05, 0) is 30.7 Å². The standard InChI is InChI=1S/C14H18N4O2S/c19-12(5-9-21)17-7-3-10(4-8-17)18-13-11(16-14(18)20)2-1-6-15-13/h1-2,6,10,21H,3-5,7-9H2,(H,16,20). The first-order valence-electron chi connectivity index (χ1n) is 7.14. The van der Waals surface area contributed by atoms with E-state index in [9.17, 15) is 9.59 Å². The van der Waals surface area contributed by atoms with E-state index in [0.29, 0.717) is 30.9 Å². The number of nitrogens with zero attached hydrogens (tertiary/aromatic N) is 3. The number of imidazole rings is 1. The van der Waals surface area contributed by atoms with Crippen LogP contribution in [0.3, 0.4) is 0 Å². The van der Waals surface area contributed by atoms with Crippen molar-refractivity contribution in [2.75, 3.05) is 18.8 Å². The van der Waals surface area contributed by atoms with E-state index in [-0.39, 0.29) is 17.6 Å². The number of nitrogens with one attached hydrogen (secondary N) is 1. The van der Waals surface area contributed by atoms with Gasteiger partial charge in [0, 0.05) is 31.7 Å². The maximum atomic E-state index is 12.1. The molecule has 3 heterocycles. The van der Waals surface area contributed by atoms with Crippen molar-refractivity contribution < 1.29 is 4.79 Å². The van der Waals surface area contributed by atoms with Crippen LogP contribution in [0.4, 0.5) is 0 Å². The summed E-state index contributed by atoms with van der Waals surface area (Å²) in [6.45, 7) is 1.37. The van der Waals surface area contributed by atoms with Crippen LogP contribution in [0.1, 0.15) is 25.3 Å². The summed E-state index contributed by atoms with van der Waals surface area (Å²) in [6, 6.07) is 3.76. The lowest BCUT2D eigenvalue weighted by Gasteiger charge is -2.32. The van der Waals surface area contributed by atoms with Crippen LogP contribution in [-0.2, 0) is 4.79 Å². The summed E-state index contributed by atoms with van der Waals surface area (Å²) in [5.74, 6) is 0.720. The first-order chi connectivity index (χ1) is 10.2. The predicted molar refractivity (Wildman–Crippen MR) is 83.7 cm³/mol. The normalized spacial score (nSPS) is 16.5. The summed E-state index contributed by atoms with van der Waals surface area (Å²) in [6.07, 6.45) is 3.73. The van der Waals surface area contributed by atoms with Gasteiger partial charge in [0.1, 0.15) is 0 Å². The molecule has 1 amide bonds. The fraction of sp³-hybridized carbons (Fsp3) is 0.500. The second kappa shape index (κ2) is 5.93. The number of aromatic amines is 1. The fourth-order valence-corrected chi connectivity index (χ4v) is 3.12. The Hall–Kier alpha value is -1.76. The third kappa shape index (κ3) is 2.70. The molecule has 0 unspecified atom stereocenters. The van der Waals surface area contributed by atoms with Crippen LogP contribution in [0.2, 0.25) is 0 Å². The van der Waals surface area contributed by atoms with Crippen molar-refractivity contribution in [1.29, 1.82) is 0 Å². The summed E-state index contributed by atoms with van der Waals surface area (Å²) in [7, 11) is 0. The van der Waals surface area contributed by atoms with Crippen molar-refractivity contribution in [2.24, 2.45) is 0 Å². The molecule has 0 spiro atoms. The van der Waals surface area contributed by atoms with Crippen molar-refractivity contribution in [3.63, 3.8) is 0 Å². The highest BCUT2D eigenvalue weighted by Gasteiger charge is 2.25. The Labute approximate surface area is 127 Å². The highest BCUT2D eigenvalue weighted by molar-refractivity contribution is 7.80. The van der Waals surface area contributed by atoms with Gasteiger partial charge in [0.05, 0.1) is 5.52 Å². The second-order valence-corrected chi connectivity index (χ2v) is 5.71. The monoisotopic (exact) mass is 306 g/mol. The van der Waals surface area contributed by atoms with Gasteiger partial charge in [0.25, 0.3) is 0 Å². The molecule has 0 bridgehead atoms. The van der Waals surface area contributed by atoms with Crippen LogP contribution in [0.5, 0.6) is 0 Å². The van der Waals surface area contributed by atoms with Crippen molar-refractivity contribution in [3.8, 4) is 0 Å². The van der Waals surface area contributed by atoms with Crippen LogP contribution < -0.4 is 5.69 Å². The molecular formula is C14H18N4O2S. The zero-order valence-electron chi connectivity index (χ0n) is 11.7. The number of pyridine rings is 1. The molecule has 1 fully saturated rings. The number of carbonyl (C=O) groups is 1. The molecule has 0 aromatic carbocycles. The van der Waals surface area contributed by atoms with Crippen LogP contribution >= 0.6 is 12.6 Å². The van der Waals surface area contributed by atoms with E-state index in [1.165, 1.54) is 0 Å². The Morgan fingerprint density at radius 3 is 2.90 bits per heavy atom. The highest BCUT2D eigenvalue weighted by Crippen LogP contribution is 2.24. The molecule has 1 N–H and O–H groups in total. The quantitative estimate of drug-likeness (QED) is 0.837. The Bertz CT molecular complexity index is 700. The van der Waals surface area contributed by atoms with Gasteiger partial charge in [-0.15, -0.1) is 0 Å². The second-order valence-electron chi connectivity index (χ2n) is 5.26. The van der Waals surface area contributed by atoms with E-state index in [2.05, 4.69) is 22.6 Å². The summed E-state index contributed by atoms with van der Waals surface area (Å²) in [5, 5.41) is 0. The average Bonchev–Trinajstić information content (AvgIpc) is 2.83.